The zero-order chi connectivity index (χ0) is 35.2. The lowest BCUT2D eigenvalue weighted by atomic mass is 9.66. The number of nitrogens with zero attached hydrogens (tertiary/aromatic N) is 4. The first-order valence-corrected chi connectivity index (χ1v) is 15.0. The molecule has 4 amide bonds. The monoisotopic (exact) mass is 674 g/mol. The van der Waals surface area contributed by atoms with Gasteiger partial charge in [-0.3, -0.25) is 45.2 Å². The minimum atomic E-state index is -1.79. The summed E-state index contributed by atoms with van der Waals surface area (Å²) in [7, 11) is 0. The number of fused-ring (bicyclic) bond motifs is 4. The van der Waals surface area contributed by atoms with Gasteiger partial charge >= 0.3 is 6.03 Å². The number of morpholine rings is 2. The minimum Gasteiger partial charge on any atom is -0.372 e. The predicted octanol–water partition coefficient (Wildman–Crippen LogP) is 2.78. The molecule has 18 heteroatoms. The molecule has 2 N–H and O–H groups in total. The number of ether oxygens (including phenoxy) is 2. The fourth-order valence-corrected chi connectivity index (χ4v) is 7.12. The van der Waals surface area contributed by atoms with Gasteiger partial charge in [0.05, 0.1) is 63.8 Å². The number of hydrogen-bond donors (Lipinski definition) is 2. The van der Waals surface area contributed by atoms with E-state index in [1.54, 1.807) is 23.6 Å². The summed E-state index contributed by atoms with van der Waals surface area (Å²) >= 11 is 0. The van der Waals surface area contributed by atoms with Crippen molar-refractivity contribution in [3.05, 3.63) is 67.3 Å². The van der Waals surface area contributed by atoms with Crippen LogP contribution in [0.1, 0.15) is 43.6 Å². The molecule has 6 rings (SSSR count). The molecular weight excluding hydrogens is 642 g/mol. The number of amides is 4. The largest absolute Gasteiger partial charge is 0.372 e. The number of rotatable bonds is 4. The smallest absolute Gasteiger partial charge is 0.328 e. The Kier molecular flexibility index (Phi) is 9.16. The third kappa shape index (κ3) is 6.03. The van der Waals surface area contributed by atoms with Crippen molar-refractivity contribution >= 4 is 46.9 Å². The molecule has 48 heavy (non-hydrogen) atoms. The number of carbonyl (C=O) groups excluding carboxylic acids is 4. The summed E-state index contributed by atoms with van der Waals surface area (Å²) in [5.41, 5.74) is -2.34. The van der Waals surface area contributed by atoms with E-state index in [1.807, 2.05) is 13.8 Å². The highest BCUT2D eigenvalue weighted by Crippen LogP contribution is 2.48. The summed E-state index contributed by atoms with van der Waals surface area (Å²) < 4.78 is 40.4. The Morgan fingerprint density at radius 3 is 1.90 bits per heavy atom. The first-order valence-electron chi connectivity index (χ1n) is 15.0. The average Bonchev–Trinajstić information content (AvgIpc) is 2.98. The van der Waals surface area contributed by atoms with Crippen LogP contribution in [-0.2, 0) is 25.5 Å². The maximum Gasteiger partial charge on any atom is 0.328 e. The highest BCUT2D eigenvalue weighted by molar-refractivity contribution is 6.20. The molecule has 2 aromatic rings. The Hall–Kier alpha value is -5.10. The molecule has 4 aliphatic heterocycles. The topological polar surface area (TPSA) is 204 Å². The number of hydrogen-bond acceptors (Lipinski definition) is 12. The molecule has 0 bridgehead atoms. The highest BCUT2D eigenvalue weighted by Gasteiger charge is 2.63. The third-order valence-electron chi connectivity index (χ3n) is 8.70. The van der Waals surface area contributed by atoms with Gasteiger partial charge in [-0.05, 0) is 33.3 Å². The number of nitro benzene ring substituents is 2. The minimum absolute atomic E-state index is 0.0157. The maximum atomic E-state index is 14.9. The Balaban J connectivity index is 0.000000199. The van der Waals surface area contributed by atoms with Crippen molar-refractivity contribution in [3.63, 3.8) is 0 Å². The number of nitrogens with one attached hydrogen (secondary N) is 2. The van der Waals surface area contributed by atoms with Gasteiger partial charge in [-0.2, -0.15) is 0 Å². The fraction of sp³-hybridized carbons (Fsp3) is 0.467. The van der Waals surface area contributed by atoms with E-state index in [0.29, 0.717) is 19.4 Å². The summed E-state index contributed by atoms with van der Waals surface area (Å²) in [4.78, 5) is 72.1. The molecule has 0 aromatic heterocycles. The molecule has 0 saturated carbocycles. The SMILES string of the molecule is C[C@@H]1CN(c2c(F)cc([N+](=O)[O-])cc2C=O)C[C@H](C)O1.C[C@@H]1CN2c3c(F)cc([N+](=O)[O-])cc3CC3(C(=O)NC(=O)NC3=O)[C@H]2[C@H](C)O1. The van der Waals surface area contributed by atoms with Gasteiger partial charge in [0.1, 0.15) is 0 Å². The third-order valence-corrected chi connectivity index (χ3v) is 8.70. The second kappa shape index (κ2) is 12.8. The van der Waals surface area contributed by atoms with Crippen LogP contribution >= 0.6 is 0 Å². The fourth-order valence-electron chi connectivity index (χ4n) is 7.12. The van der Waals surface area contributed by atoms with E-state index in [-0.39, 0.29) is 53.8 Å². The van der Waals surface area contributed by atoms with Crippen molar-refractivity contribution < 1.29 is 47.3 Å². The van der Waals surface area contributed by atoms with Gasteiger partial charge in [0, 0.05) is 43.8 Å². The lowest BCUT2D eigenvalue weighted by Gasteiger charge is -2.55. The Morgan fingerprint density at radius 1 is 0.833 bits per heavy atom. The Labute approximate surface area is 271 Å². The van der Waals surface area contributed by atoms with Crippen LogP contribution in [0.4, 0.5) is 36.3 Å². The van der Waals surface area contributed by atoms with Crippen LogP contribution in [0.5, 0.6) is 0 Å². The summed E-state index contributed by atoms with van der Waals surface area (Å²) in [5, 5.41) is 26.1. The van der Waals surface area contributed by atoms with Gasteiger partial charge in [0.25, 0.3) is 11.4 Å². The summed E-state index contributed by atoms with van der Waals surface area (Å²) in [5.74, 6) is -3.24. The molecule has 4 aliphatic rings. The molecule has 0 unspecified atom stereocenters. The quantitative estimate of drug-likeness (QED) is 0.208. The predicted molar refractivity (Wildman–Crippen MR) is 163 cm³/mol. The van der Waals surface area contributed by atoms with Gasteiger partial charge < -0.3 is 19.3 Å². The number of anilines is 2. The van der Waals surface area contributed by atoms with E-state index in [2.05, 4.69) is 10.6 Å². The summed E-state index contributed by atoms with van der Waals surface area (Å²) in [6, 6.07) is 2.09. The molecule has 256 valence electrons. The number of aldehydes is 1. The molecule has 0 aliphatic carbocycles. The van der Waals surface area contributed by atoms with Crippen LogP contribution in [0, 0.1) is 37.3 Å². The van der Waals surface area contributed by atoms with Crippen molar-refractivity contribution in [2.45, 2.75) is 64.6 Å². The second-order valence-electron chi connectivity index (χ2n) is 12.2. The zero-order valence-corrected chi connectivity index (χ0v) is 26.2. The van der Waals surface area contributed by atoms with Gasteiger partial charge in [-0.1, -0.05) is 0 Å². The molecule has 0 radical (unpaired) electrons. The molecule has 3 saturated heterocycles. The number of imide groups is 2. The number of nitro groups is 2. The van der Waals surface area contributed by atoms with Gasteiger partial charge in [0.15, 0.2) is 23.3 Å². The molecular formula is C30H32F2N6O10. The Bertz CT molecular complexity index is 1690. The lowest BCUT2D eigenvalue weighted by Crippen LogP contribution is -2.75. The van der Waals surface area contributed by atoms with Crippen molar-refractivity contribution in [1.82, 2.24) is 10.6 Å². The number of urea groups is 1. The molecule has 4 heterocycles. The van der Waals surface area contributed by atoms with Gasteiger partial charge in [0.2, 0.25) is 11.8 Å². The number of carbonyl (C=O) groups is 4. The van der Waals surface area contributed by atoms with E-state index in [9.17, 15) is 48.2 Å². The zero-order valence-electron chi connectivity index (χ0n) is 26.2. The number of halogens is 2. The maximum absolute atomic E-state index is 14.9. The lowest BCUT2D eigenvalue weighted by molar-refractivity contribution is -0.385. The number of benzene rings is 2. The summed E-state index contributed by atoms with van der Waals surface area (Å²) in [6.07, 6.45) is -1.04. The number of barbiturate groups is 1. The van der Waals surface area contributed by atoms with E-state index in [4.69, 9.17) is 9.47 Å². The second-order valence-corrected chi connectivity index (χ2v) is 12.2. The molecule has 5 atom stereocenters. The van der Waals surface area contributed by atoms with Crippen LogP contribution in [0.15, 0.2) is 24.3 Å². The van der Waals surface area contributed by atoms with Crippen LogP contribution < -0.4 is 20.4 Å². The van der Waals surface area contributed by atoms with Gasteiger partial charge in [-0.15, -0.1) is 0 Å². The van der Waals surface area contributed by atoms with Crippen LogP contribution in [0.3, 0.4) is 0 Å². The average molecular weight is 675 g/mol. The van der Waals surface area contributed by atoms with E-state index >= 15 is 0 Å². The van der Waals surface area contributed by atoms with E-state index in [1.165, 1.54) is 0 Å². The van der Waals surface area contributed by atoms with Crippen LogP contribution in [-0.4, -0.2) is 84.1 Å². The van der Waals surface area contributed by atoms with Crippen molar-refractivity contribution in [3.8, 4) is 0 Å². The molecule has 3 fully saturated rings. The normalized spacial score (nSPS) is 26.0. The van der Waals surface area contributed by atoms with Crippen LogP contribution in [0.2, 0.25) is 0 Å². The van der Waals surface area contributed by atoms with Gasteiger partial charge in [-0.25, -0.2) is 13.6 Å². The molecule has 2 aromatic carbocycles. The highest BCUT2D eigenvalue weighted by atomic mass is 19.1. The van der Waals surface area contributed by atoms with Crippen molar-refractivity contribution in [2.24, 2.45) is 5.41 Å². The Morgan fingerprint density at radius 2 is 1.35 bits per heavy atom. The first kappa shape index (κ1) is 34.2. The molecule has 16 nitrogen and oxygen atoms in total. The summed E-state index contributed by atoms with van der Waals surface area (Å²) in [6.45, 7) is 8.17. The van der Waals surface area contributed by atoms with E-state index in [0.717, 1.165) is 24.3 Å². The number of non-ortho nitro benzene ring substituents is 2. The van der Waals surface area contributed by atoms with Crippen LogP contribution in [0.25, 0.3) is 0 Å². The first-order chi connectivity index (χ1) is 22.6. The standard InChI is InChI=1S/C17H17FN4O6.C13H15FN2O4/c1-7-6-21-12-9(3-10(22(26)27)4-11(12)18)5-17(13(21)8(2)28-7)14(23)19-16(25)20-15(17)24;1-8-5-15(6-9(2)20-8)13-10(7-17)3-11(16(18)19)4-12(13)14/h3-4,7-8,13H,5-6H2,1-2H3,(H2,19,20,23,24,25);3-4,7-9H,5-6H2,1-2H3/t7-,8+,13-;8-,9+/m1./s1. The molecule has 1 spiro atoms. The van der Waals surface area contributed by atoms with E-state index < -0.39 is 68.3 Å². The van der Waals surface area contributed by atoms with Crippen molar-refractivity contribution in [1.29, 1.82) is 0 Å². The van der Waals surface area contributed by atoms with Crippen molar-refractivity contribution in [2.75, 3.05) is 29.4 Å².